The summed E-state index contributed by atoms with van der Waals surface area (Å²) in [7, 11) is -3.91. The second-order valence-electron chi connectivity index (χ2n) is 5.40. The summed E-state index contributed by atoms with van der Waals surface area (Å²) in [6, 6.07) is -1.21. The van der Waals surface area contributed by atoms with Crippen LogP contribution in [0.5, 0.6) is 0 Å². The number of aliphatic hydroxyl groups is 1. The Morgan fingerprint density at radius 1 is 1.20 bits per heavy atom. The summed E-state index contributed by atoms with van der Waals surface area (Å²) in [5, 5.41) is 18.7. The summed E-state index contributed by atoms with van der Waals surface area (Å²) in [5.74, 6) is -1.24. The quantitative estimate of drug-likeness (QED) is 0.682. The van der Waals surface area contributed by atoms with E-state index in [1.807, 2.05) is 0 Å². The number of hydrogen-bond donors (Lipinski definition) is 2. The van der Waals surface area contributed by atoms with Crippen molar-refractivity contribution in [1.82, 2.24) is 8.61 Å². The molecule has 2 aliphatic rings. The molecule has 0 aromatic rings. The van der Waals surface area contributed by atoms with E-state index in [1.165, 1.54) is 4.31 Å². The van der Waals surface area contributed by atoms with Crippen LogP contribution in [-0.2, 0) is 19.7 Å². The second kappa shape index (κ2) is 5.57. The first-order chi connectivity index (χ1) is 9.21. The summed E-state index contributed by atoms with van der Waals surface area (Å²) in [6.07, 6.45) is -1.51. The highest BCUT2D eigenvalue weighted by atomic mass is 32.2. The topological polar surface area (TPSA) is 107 Å². The first-order valence-electron chi connectivity index (χ1n) is 6.55. The number of carboxylic acids is 1. The molecule has 0 amide bonds. The minimum absolute atomic E-state index is 0.0794. The van der Waals surface area contributed by atoms with E-state index in [0.717, 1.165) is 4.31 Å². The molecule has 0 radical (unpaired) electrons. The van der Waals surface area contributed by atoms with Gasteiger partial charge in [0.05, 0.1) is 18.3 Å². The first kappa shape index (κ1) is 15.6. The minimum atomic E-state index is -3.91. The lowest BCUT2D eigenvalue weighted by Gasteiger charge is -2.37. The van der Waals surface area contributed by atoms with Crippen molar-refractivity contribution in [3.8, 4) is 0 Å². The van der Waals surface area contributed by atoms with Gasteiger partial charge in [0.2, 0.25) is 0 Å². The van der Waals surface area contributed by atoms with Crippen molar-refractivity contribution in [3.05, 3.63) is 0 Å². The largest absolute Gasteiger partial charge is 0.480 e. The highest BCUT2D eigenvalue weighted by Gasteiger charge is 2.46. The third kappa shape index (κ3) is 2.96. The smallest absolute Gasteiger partial charge is 0.322 e. The zero-order chi connectivity index (χ0) is 15.1. The molecular formula is C11H20N2O6S. The minimum Gasteiger partial charge on any atom is -0.480 e. The van der Waals surface area contributed by atoms with Crippen LogP contribution < -0.4 is 0 Å². The Morgan fingerprint density at radius 2 is 1.75 bits per heavy atom. The first-order valence-corrected chi connectivity index (χ1v) is 7.94. The average Bonchev–Trinajstić information content (AvgIpc) is 2.71. The number of ether oxygens (including phenoxy) is 1. The van der Waals surface area contributed by atoms with Crippen LogP contribution in [0.2, 0.25) is 0 Å². The van der Waals surface area contributed by atoms with Crippen LogP contribution in [0.25, 0.3) is 0 Å². The van der Waals surface area contributed by atoms with Gasteiger partial charge < -0.3 is 14.9 Å². The molecule has 0 aliphatic carbocycles. The molecule has 9 heteroatoms. The van der Waals surface area contributed by atoms with Gasteiger partial charge in [-0.15, -0.1) is 0 Å². The Labute approximate surface area is 118 Å². The lowest BCUT2D eigenvalue weighted by Crippen LogP contribution is -2.55. The molecule has 8 nitrogen and oxygen atoms in total. The fourth-order valence-electron chi connectivity index (χ4n) is 2.73. The third-order valence-electron chi connectivity index (χ3n) is 3.53. The summed E-state index contributed by atoms with van der Waals surface area (Å²) >= 11 is 0. The zero-order valence-electron chi connectivity index (χ0n) is 11.5. The monoisotopic (exact) mass is 308 g/mol. The molecule has 0 saturated carbocycles. The van der Waals surface area contributed by atoms with Gasteiger partial charge in [0.25, 0.3) is 10.2 Å². The molecule has 2 unspecified atom stereocenters. The van der Waals surface area contributed by atoms with Gasteiger partial charge in [-0.25, -0.2) is 0 Å². The normalized spacial score (nSPS) is 37.1. The number of nitrogens with zero attached hydrogens (tertiary/aromatic N) is 2. The van der Waals surface area contributed by atoms with Gasteiger partial charge in [-0.3, -0.25) is 4.79 Å². The van der Waals surface area contributed by atoms with Crippen LogP contribution in [0.4, 0.5) is 0 Å². The predicted molar refractivity (Wildman–Crippen MR) is 69.3 cm³/mol. The van der Waals surface area contributed by atoms with E-state index < -0.39 is 28.3 Å². The summed E-state index contributed by atoms with van der Waals surface area (Å²) in [4.78, 5) is 11.2. The Morgan fingerprint density at radius 3 is 2.25 bits per heavy atom. The summed E-state index contributed by atoms with van der Waals surface area (Å²) < 4.78 is 32.7. The highest BCUT2D eigenvalue weighted by molar-refractivity contribution is 7.86. The van der Waals surface area contributed by atoms with Crippen LogP contribution in [0, 0.1) is 0 Å². The SMILES string of the molecule is CC1CN(S(=O)(=O)N2C[C@H](O)C[C@@H]2C(=O)O)CC(C)O1. The molecule has 2 rings (SSSR count). The van der Waals surface area contributed by atoms with Crippen LogP contribution in [0.3, 0.4) is 0 Å². The molecule has 0 aromatic heterocycles. The molecule has 2 fully saturated rings. The van der Waals surface area contributed by atoms with Crippen LogP contribution in [-0.4, -0.2) is 77.2 Å². The number of aliphatic hydroxyl groups excluding tert-OH is 1. The Hall–Kier alpha value is -0.740. The lowest BCUT2D eigenvalue weighted by molar-refractivity contribution is -0.140. The fraction of sp³-hybridized carbons (Fsp3) is 0.909. The molecule has 0 aromatic carbocycles. The fourth-order valence-corrected chi connectivity index (χ4v) is 4.68. The van der Waals surface area contributed by atoms with E-state index in [1.54, 1.807) is 13.8 Å². The van der Waals surface area contributed by atoms with E-state index in [0.29, 0.717) is 0 Å². The van der Waals surface area contributed by atoms with Crippen molar-refractivity contribution < 1.29 is 28.2 Å². The zero-order valence-corrected chi connectivity index (χ0v) is 12.3. The van der Waals surface area contributed by atoms with Gasteiger partial charge in [-0.05, 0) is 13.8 Å². The van der Waals surface area contributed by atoms with Gasteiger partial charge in [0, 0.05) is 26.1 Å². The maximum Gasteiger partial charge on any atom is 0.322 e. The molecule has 20 heavy (non-hydrogen) atoms. The van der Waals surface area contributed by atoms with Gasteiger partial charge in [-0.1, -0.05) is 0 Å². The molecule has 116 valence electrons. The molecule has 2 aliphatic heterocycles. The second-order valence-corrected chi connectivity index (χ2v) is 7.28. The van der Waals surface area contributed by atoms with Crippen molar-refractivity contribution >= 4 is 16.2 Å². The van der Waals surface area contributed by atoms with Gasteiger partial charge >= 0.3 is 5.97 Å². The summed E-state index contributed by atoms with van der Waals surface area (Å²) in [6.45, 7) is 3.73. The van der Waals surface area contributed by atoms with Crippen molar-refractivity contribution in [3.63, 3.8) is 0 Å². The van der Waals surface area contributed by atoms with Gasteiger partial charge in [-0.2, -0.15) is 17.0 Å². The molecule has 4 atom stereocenters. The Balaban J connectivity index is 2.23. The highest BCUT2D eigenvalue weighted by Crippen LogP contribution is 2.26. The Bertz CT molecular complexity index is 471. The number of morpholine rings is 1. The maximum absolute atomic E-state index is 12.6. The maximum atomic E-state index is 12.6. The van der Waals surface area contributed by atoms with E-state index in [9.17, 15) is 18.3 Å². The third-order valence-corrected chi connectivity index (χ3v) is 5.47. The Kier molecular flexibility index (Phi) is 4.35. The summed E-state index contributed by atoms with van der Waals surface area (Å²) in [5.41, 5.74) is 0. The molecule has 2 saturated heterocycles. The average molecular weight is 308 g/mol. The standard InChI is InChI=1S/C11H20N2O6S/c1-7-4-12(5-8(2)19-7)20(17,18)13-6-9(14)3-10(13)11(15)16/h7-10,14H,3-6H2,1-2H3,(H,15,16)/t7?,8?,9-,10-/m1/s1. The number of carboxylic acid groups (broad SMARTS) is 1. The number of aliphatic carboxylic acids is 1. The molecular weight excluding hydrogens is 288 g/mol. The number of carbonyl (C=O) groups is 1. The van der Waals surface area contributed by atoms with E-state index in [2.05, 4.69) is 0 Å². The molecule has 2 heterocycles. The van der Waals surface area contributed by atoms with E-state index >= 15 is 0 Å². The van der Waals surface area contributed by atoms with Gasteiger partial charge in [0.1, 0.15) is 6.04 Å². The predicted octanol–water partition coefficient (Wildman–Crippen LogP) is -1.14. The van der Waals surface area contributed by atoms with Crippen molar-refractivity contribution in [1.29, 1.82) is 0 Å². The van der Waals surface area contributed by atoms with Crippen molar-refractivity contribution in [2.45, 2.75) is 44.6 Å². The van der Waals surface area contributed by atoms with Crippen molar-refractivity contribution in [2.24, 2.45) is 0 Å². The molecule has 0 spiro atoms. The van der Waals surface area contributed by atoms with E-state index in [-0.39, 0.29) is 38.3 Å². The van der Waals surface area contributed by atoms with Crippen LogP contribution >= 0.6 is 0 Å². The molecule has 2 N–H and O–H groups in total. The van der Waals surface area contributed by atoms with Crippen molar-refractivity contribution in [2.75, 3.05) is 19.6 Å². The number of rotatable bonds is 3. The van der Waals surface area contributed by atoms with Crippen LogP contribution in [0.1, 0.15) is 20.3 Å². The number of β-amino-alcohol motifs (C(OH)–C–C–N with tert-alkyl or cyclic N) is 1. The van der Waals surface area contributed by atoms with Gasteiger partial charge in [0.15, 0.2) is 0 Å². The van der Waals surface area contributed by atoms with E-state index in [4.69, 9.17) is 9.84 Å². The number of hydrogen-bond acceptors (Lipinski definition) is 5. The lowest BCUT2D eigenvalue weighted by atomic mass is 10.2. The van der Waals surface area contributed by atoms with Crippen LogP contribution in [0.15, 0.2) is 0 Å². The molecule has 0 bridgehead atoms.